The molecule has 0 spiro atoms. The summed E-state index contributed by atoms with van der Waals surface area (Å²) in [6.07, 6.45) is -2.78. The molecular formula is C23H18F3N3O. The second kappa shape index (κ2) is 7.33. The molecule has 1 amide bonds. The Bertz CT molecular complexity index is 1240. The summed E-state index contributed by atoms with van der Waals surface area (Å²) in [5.41, 5.74) is 3.11. The lowest BCUT2D eigenvalue weighted by atomic mass is 10.0. The molecule has 0 fully saturated rings. The number of pyridine rings is 1. The monoisotopic (exact) mass is 409 g/mol. The van der Waals surface area contributed by atoms with Gasteiger partial charge in [-0.15, -0.1) is 0 Å². The largest absolute Gasteiger partial charge is 0.416 e. The normalized spacial score (nSPS) is 11.6. The van der Waals surface area contributed by atoms with Crippen molar-refractivity contribution in [3.05, 3.63) is 89.1 Å². The average molecular weight is 409 g/mol. The van der Waals surface area contributed by atoms with Gasteiger partial charge in [0.1, 0.15) is 17.2 Å². The first-order valence-corrected chi connectivity index (χ1v) is 9.27. The lowest BCUT2D eigenvalue weighted by Gasteiger charge is -2.11. The second-order valence-corrected chi connectivity index (χ2v) is 7.15. The van der Waals surface area contributed by atoms with Crippen LogP contribution in [0.25, 0.3) is 16.9 Å². The van der Waals surface area contributed by atoms with Gasteiger partial charge in [0.2, 0.25) is 0 Å². The van der Waals surface area contributed by atoms with Gasteiger partial charge in [-0.05, 0) is 56.3 Å². The van der Waals surface area contributed by atoms with Crippen molar-refractivity contribution in [3.8, 4) is 11.3 Å². The summed E-state index contributed by atoms with van der Waals surface area (Å²) in [5.74, 6) is -0.240. The van der Waals surface area contributed by atoms with Gasteiger partial charge in [-0.2, -0.15) is 13.2 Å². The number of aromatic nitrogens is 2. The van der Waals surface area contributed by atoms with Crippen LogP contribution in [0.15, 0.2) is 66.9 Å². The van der Waals surface area contributed by atoms with Crippen LogP contribution in [-0.2, 0) is 6.18 Å². The summed E-state index contributed by atoms with van der Waals surface area (Å²) in [5, 5.41) is 2.76. The van der Waals surface area contributed by atoms with Gasteiger partial charge >= 0.3 is 6.18 Å². The predicted molar refractivity (Wildman–Crippen MR) is 109 cm³/mol. The lowest BCUT2D eigenvalue weighted by molar-refractivity contribution is -0.137. The summed E-state index contributed by atoms with van der Waals surface area (Å²) in [6, 6.07) is 15.7. The molecule has 4 nitrogen and oxygen atoms in total. The molecule has 2 aromatic heterocycles. The molecule has 30 heavy (non-hydrogen) atoms. The fourth-order valence-corrected chi connectivity index (χ4v) is 3.44. The summed E-state index contributed by atoms with van der Waals surface area (Å²) in [7, 11) is 0. The molecule has 0 aliphatic rings. The molecule has 0 saturated carbocycles. The highest BCUT2D eigenvalue weighted by Crippen LogP contribution is 2.32. The molecule has 7 heteroatoms. The molecule has 2 aromatic carbocycles. The van der Waals surface area contributed by atoms with E-state index in [1.54, 1.807) is 22.7 Å². The van der Waals surface area contributed by atoms with Crippen LogP contribution in [0.4, 0.5) is 19.0 Å². The van der Waals surface area contributed by atoms with Gasteiger partial charge in [-0.3, -0.25) is 9.20 Å². The van der Waals surface area contributed by atoms with Gasteiger partial charge in [0.25, 0.3) is 5.91 Å². The van der Waals surface area contributed by atoms with E-state index in [0.717, 1.165) is 28.8 Å². The van der Waals surface area contributed by atoms with E-state index in [1.165, 1.54) is 12.1 Å². The minimum atomic E-state index is -4.52. The van der Waals surface area contributed by atoms with Crippen LogP contribution < -0.4 is 5.32 Å². The Morgan fingerprint density at radius 3 is 2.40 bits per heavy atom. The number of aryl methyl sites for hydroxylation is 2. The summed E-state index contributed by atoms with van der Waals surface area (Å²) >= 11 is 0. The minimum Gasteiger partial charge on any atom is -0.306 e. The van der Waals surface area contributed by atoms with E-state index < -0.39 is 17.6 Å². The Labute approximate surface area is 171 Å². The van der Waals surface area contributed by atoms with Gasteiger partial charge in [-0.1, -0.05) is 29.3 Å². The molecule has 2 heterocycles. The molecule has 0 aliphatic heterocycles. The second-order valence-electron chi connectivity index (χ2n) is 7.15. The lowest BCUT2D eigenvalue weighted by Crippen LogP contribution is -2.15. The van der Waals surface area contributed by atoms with Crippen molar-refractivity contribution in [2.75, 3.05) is 5.32 Å². The Kier molecular flexibility index (Phi) is 4.81. The number of anilines is 1. The molecule has 0 bridgehead atoms. The van der Waals surface area contributed by atoms with Gasteiger partial charge in [0.05, 0.1) is 5.56 Å². The van der Waals surface area contributed by atoms with Crippen molar-refractivity contribution in [3.63, 3.8) is 0 Å². The molecule has 4 aromatic rings. The molecule has 0 unspecified atom stereocenters. The molecule has 0 aliphatic carbocycles. The van der Waals surface area contributed by atoms with Crippen molar-refractivity contribution in [2.45, 2.75) is 20.0 Å². The maximum absolute atomic E-state index is 13.0. The quantitative estimate of drug-likeness (QED) is 0.459. The molecular weight excluding hydrogens is 391 g/mol. The average Bonchev–Trinajstić information content (AvgIpc) is 3.05. The first-order chi connectivity index (χ1) is 14.2. The maximum Gasteiger partial charge on any atom is 0.416 e. The van der Waals surface area contributed by atoms with Crippen molar-refractivity contribution < 1.29 is 18.0 Å². The number of carbonyl (C=O) groups excluding carboxylic acids is 1. The third kappa shape index (κ3) is 3.78. The Morgan fingerprint density at radius 2 is 1.70 bits per heavy atom. The zero-order chi connectivity index (χ0) is 21.5. The molecule has 152 valence electrons. The summed E-state index contributed by atoms with van der Waals surface area (Å²) in [6.45, 7) is 3.93. The standard InChI is InChI=1S/C23H18F3N3O/c1-14-10-15(2)12-17(11-14)20-21(29-9-4-3-8-19(29)27-20)28-22(30)16-6-5-7-18(13-16)23(24,25)26/h3-13H,1-2H3,(H,28,30). The van der Waals surface area contributed by atoms with Crippen molar-refractivity contribution in [2.24, 2.45) is 0 Å². The number of halogens is 3. The summed E-state index contributed by atoms with van der Waals surface area (Å²) < 4.78 is 40.8. The number of hydrogen-bond donors (Lipinski definition) is 1. The number of hydrogen-bond acceptors (Lipinski definition) is 2. The van der Waals surface area contributed by atoms with Gasteiger partial charge in [-0.25, -0.2) is 4.98 Å². The van der Waals surface area contributed by atoms with Crippen LogP contribution >= 0.6 is 0 Å². The number of alkyl halides is 3. The van der Waals surface area contributed by atoms with Crippen LogP contribution in [0.3, 0.4) is 0 Å². The zero-order valence-electron chi connectivity index (χ0n) is 16.3. The van der Waals surface area contributed by atoms with E-state index >= 15 is 0 Å². The highest BCUT2D eigenvalue weighted by Gasteiger charge is 2.31. The molecule has 1 N–H and O–H groups in total. The van der Waals surface area contributed by atoms with Gasteiger partial charge in [0.15, 0.2) is 0 Å². The fourth-order valence-electron chi connectivity index (χ4n) is 3.44. The van der Waals surface area contributed by atoms with Crippen molar-refractivity contribution in [1.82, 2.24) is 9.38 Å². The van der Waals surface area contributed by atoms with Crippen LogP contribution in [0.5, 0.6) is 0 Å². The minimum absolute atomic E-state index is 0.0814. The van der Waals surface area contributed by atoms with Crippen LogP contribution in [0.2, 0.25) is 0 Å². The molecule has 0 radical (unpaired) electrons. The van der Waals surface area contributed by atoms with E-state index in [9.17, 15) is 18.0 Å². The number of amides is 1. The summed E-state index contributed by atoms with van der Waals surface area (Å²) in [4.78, 5) is 17.5. The van der Waals surface area contributed by atoms with Crippen LogP contribution in [0, 0.1) is 13.8 Å². The van der Waals surface area contributed by atoms with E-state index in [-0.39, 0.29) is 5.56 Å². The van der Waals surface area contributed by atoms with Crippen LogP contribution in [0.1, 0.15) is 27.0 Å². The topological polar surface area (TPSA) is 46.4 Å². The van der Waals surface area contributed by atoms with E-state index in [2.05, 4.69) is 10.3 Å². The Hall–Kier alpha value is -3.61. The third-order valence-electron chi connectivity index (χ3n) is 4.71. The smallest absolute Gasteiger partial charge is 0.306 e. The molecule has 4 rings (SSSR count). The number of imidazole rings is 1. The van der Waals surface area contributed by atoms with Crippen LogP contribution in [-0.4, -0.2) is 15.3 Å². The number of nitrogens with one attached hydrogen (secondary N) is 1. The van der Waals surface area contributed by atoms with E-state index in [0.29, 0.717) is 17.2 Å². The Morgan fingerprint density at radius 1 is 0.967 bits per heavy atom. The molecule has 0 saturated heterocycles. The number of rotatable bonds is 3. The first-order valence-electron chi connectivity index (χ1n) is 9.27. The predicted octanol–water partition coefficient (Wildman–Crippen LogP) is 5.89. The molecule has 0 atom stereocenters. The number of nitrogens with zero attached hydrogens (tertiary/aromatic N) is 2. The first kappa shape index (κ1) is 19.7. The highest BCUT2D eigenvalue weighted by molar-refractivity contribution is 6.06. The zero-order valence-corrected chi connectivity index (χ0v) is 16.3. The highest BCUT2D eigenvalue weighted by atomic mass is 19.4. The van der Waals surface area contributed by atoms with Crippen molar-refractivity contribution >= 4 is 17.4 Å². The number of fused-ring (bicyclic) bond motifs is 1. The SMILES string of the molecule is Cc1cc(C)cc(-c2nc3ccccn3c2NC(=O)c2cccc(C(F)(F)F)c2)c1. The number of benzene rings is 2. The van der Waals surface area contributed by atoms with Crippen molar-refractivity contribution in [1.29, 1.82) is 0 Å². The number of carbonyl (C=O) groups is 1. The fraction of sp³-hybridized carbons (Fsp3) is 0.130. The maximum atomic E-state index is 13.0. The van der Waals surface area contributed by atoms with Gasteiger partial charge < -0.3 is 5.32 Å². The van der Waals surface area contributed by atoms with Gasteiger partial charge in [0, 0.05) is 17.3 Å². The van der Waals surface area contributed by atoms with E-state index in [4.69, 9.17) is 0 Å². The third-order valence-corrected chi connectivity index (χ3v) is 4.71. The van der Waals surface area contributed by atoms with E-state index in [1.807, 2.05) is 38.1 Å². The Balaban J connectivity index is 1.80.